The molecule has 3 aromatic heterocycles. The van der Waals surface area contributed by atoms with Gasteiger partial charge < -0.3 is 19.2 Å². The standard InChI is InChI=1S/C23H27N5O4S/c29-21(25-11-16-1-2-20-24-6-7-27(20)13-16)19-12-26-23(33-19)28(14-17-3-8-32-15-17)22(30)18-4-9-31-10-5-18/h1-2,6-7,12-13,17-18H,3-5,8-11,14-15H2,(H,25,29). The second kappa shape index (κ2) is 9.98. The van der Waals surface area contributed by atoms with E-state index < -0.39 is 0 Å². The van der Waals surface area contributed by atoms with E-state index in [1.54, 1.807) is 17.3 Å². The van der Waals surface area contributed by atoms with Gasteiger partial charge in [0.15, 0.2) is 5.13 Å². The Morgan fingerprint density at radius 1 is 1.15 bits per heavy atom. The molecule has 174 valence electrons. The fraction of sp³-hybridized carbons (Fsp3) is 0.478. The summed E-state index contributed by atoms with van der Waals surface area (Å²) in [7, 11) is 0. The molecular formula is C23H27N5O4S. The predicted molar refractivity (Wildman–Crippen MR) is 123 cm³/mol. The number of pyridine rings is 1. The first-order valence-electron chi connectivity index (χ1n) is 11.3. The number of hydrogen-bond acceptors (Lipinski definition) is 7. The van der Waals surface area contributed by atoms with Crippen molar-refractivity contribution in [2.45, 2.75) is 25.8 Å². The summed E-state index contributed by atoms with van der Waals surface area (Å²) >= 11 is 1.26. The predicted octanol–water partition coefficient (Wildman–Crippen LogP) is 2.52. The van der Waals surface area contributed by atoms with E-state index in [1.165, 1.54) is 11.3 Å². The van der Waals surface area contributed by atoms with E-state index >= 15 is 0 Å². The topological polar surface area (TPSA) is 98.1 Å². The van der Waals surface area contributed by atoms with Crippen LogP contribution in [0, 0.1) is 11.8 Å². The number of amides is 2. The van der Waals surface area contributed by atoms with Crippen LogP contribution in [-0.4, -0.2) is 59.2 Å². The summed E-state index contributed by atoms with van der Waals surface area (Å²) in [5.41, 5.74) is 1.83. The molecule has 0 radical (unpaired) electrons. The van der Waals surface area contributed by atoms with Crippen molar-refractivity contribution in [3.8, 4) is 0 Å². The number of imidazole rings is 1. The molecule has 0 aromatic carbocycles. The summed E-state index contributed by atoms with van der Waals surface area (Å²) in [4.78, 5) is 37.1. The minimum Gasteiger partial charge on any atom is -0.381 e. The number of thiazole rings is 1. The Morgan fingerprint density at radius 3 is 2.82 bits per heavy atom. The quantitative estimate of drug-likeness (QED) is 0.571. The lowest BCUT2D eigenvalue weighted by Gasteiger charge is -2.29. The first-order valence-corrected chi connectivity index (χ1v) is 12.1. The highest BCUT2D eigenvalue weighted by atomic mass is 32.1. The first-order chi connectivity index (χ1) is 16.2. The van der Waals surface area contributed by atoms with Crippen molar-refractivity contribution >= 4 is 33.9 Å². The lowest BCUT2D eigenvalue weighted by Crippen LogP contribution is -2.41. The Morgan fingerprint density at radius 2 is 2.00 bits per heavy atom. The van der Waals surface area contributed by atoms with Crippen molar-refractivity contribution in [2.75, 3.05) is 37.9 Å². The Labute approximate surface area is 195 Å². The maximum Gasteiger partial charge on any atom is 0.263 e. The number of ether oxygens (including phenoxy) is 2. The smallest absolute Gasteiger partial charge is 0.263 e. The van der Waals surface area contributed by atoms with E-state index in [4.69, 9.17) is 9.47 Å². The van der Waals surface area contributed by atoms with E-state index in [1.807, 2.05) is 28.9 Å². The molecule has 0 saturated carbocycles. The molecule has 9 nitrogen and oxygen atoms in total. The third-order valence-electron chi connectivity index (χ3n) is 6.15. The average molecular weight is 470 g/mol. The summed E-state index contributed by atoms with van der Waals surface area (Å²) in [6.45, 7) is 3.54. The van der Waals surface area contributed by atoms with Crippen LogP contribution in [0.5, 0.6) is 0 Å². The summed E-state index contributed by atoms with van der Waals surface area (Å²) in [6, 6.07) is 3.86. The number of fused-ring (bicyclic) bond motifs is 1. The molecule has 2 aliphatic rings. The third-order valence-corrected chi connectivity index (χ3v) is 7.17. The van der Waals surface area contributed by atoms with Gasteiger partial charge in [0.05, 0.1) is 12.8 Å². The number of carbonyl (C=O) groups excluding carboxylic acids is 2. The van der Waals surface area contributed by atoms with Crippen LogP contribution in [0.1, 0.15) is 34.5 Å². The van der Waals surface area contributed by atoms with Crippen LogP contribution in [0.15, 0.2) is 36.9 Å². The fourth-order valence-corrected chi connectivity index (χ4v) is 5.09. The van der Waals surface area contributed by atoms with Gasteiger partial charge in [-0.25, -0.2) is 9.97 Å². The Hall–Kier alpha value is -2.82. The second-order valence-electron chi connectivity index (χ2n) is 8.48. The van der Waals surface area contributed by atoms with Gasteiger partial charge in [0.25, 0.3) is 5.91 Å². The molecule has 2 fully saturated rings. The van der Waals surface area contributed by atoms with E-state index in [0.29, 0.717) is 42.9 Å². The van der Waals surface area contributed by atoms with Gasteiger partial charge in [-0.15, -0.1) is 0 Å². The molecule has 1 N–H and O–H groups in total. The molecule has 0 spiro atoms. The summed E-state index contributed by atoms with van der Waals surface area (Å²) in [6.07, 6.45) is 9.48. The lowest BCUT2D eigenvalue weighted by atomic mass is 9.98. The van der Waals surface area contributed by atoms with Gasteiger partial charge in [-0.1, -0.05) is 17.4 Å². The van der Waals surface area contributed by atoms with Gasteiger partial charge >= 0.3 is 0 Å². The van der Waals surface area contributed by atoms with E-state index in [9.17, 15) is 9.59 Å². The average Bonchev–Trinajstić information content (AvgIpc) is 3.62. The normalized spacial score (nSPS) is 19.1. The second-order valence-corrected chi connectivity index (χ2v) is 9.49. The van der Waals surface area contributed by atoms with Crippen molar-refractivity contribution in [1.82, 2.24) is 19.7 Å². The summed E-state index contributed by atoms with van der Waals surface area (Å²) < 4.78 is 12.9. The molecule has 5 rings (SSSR count). The minimum absolute atomic E-state index is 0.0691. The molecule has 10 heteroatoms. The maximum absolute atomic E-state index is 13.3. The van der Waals surface area contributed by atoms with Gasteiger partial charge in [-0.2, -0.15) is 0 Å². The van der Waals surface area contributed by atoms with Gasteiger partial charge in [-0.05, 0) is 30.9 Å². The SMILES string of the molecule is O=C(NCc1ccc2nccn2c1)c1cnc(N(CC2CCOC2)C(=O)C2CCOCC2)s1. The molecule has 33 heavy (non-hydrogen) atoms. The molecule has 2 amide bonds. The summed E-state index contributed by atoms with van der Waals surface area (Å²) in [5.74, 6) is 0.0840. The Balaban J connectivity index is 1.27. The first kappa shape index (κ1) is 22.0. The van der Waals surface area contributed by atoms with Crippen molar-refractivity contribution in [3.63, 3.8) is 0 Å². The van der Waals surface area contributed by atoms with Crippen LogP contribution in [0.25, 0.3) is 5.65 Å². The molecule has 5 heterocycles. The Kier molecular flexibility index (Phi) is 6.65. The molecule has 2 aliphatic heterocycles. The molecule has 1 atom stereocenters. The monoisotopic (exact) mass is 469 g/mol. The van der Waals surface area contributed by atoms with Gasteiger partial charge in [-0.3, -0.25) is 14.5 Å². The molecule has 0 aliphatic carbocycles. The lowest BCUT2D eigenvalue weighted by molar-refractivity contribution is -0.125. The molecular weight excluding hydrogens is 442 g/mol. The van der Waals surface area contributed by atoms with Crippen LogP contribution in [-0.2, 0) is 20.8 Å². The van der Waals surface area contributed by atoms with Crippen LogP contribution < -0.4 is 10.2 Å². The highest BCUT2D eigenvalue weighted by Crippen LogP contribution is 2.29. The number of rotatable bonds is 7. The van der Waals surface area contributed by atoms with E-state index in [-0.39, 0.29) is 23.7 Å². The zero-order chi connectivity index (χ0) is 22.6. The number of nitrogens with zero attached hydrogens (tertiary/aromatic N) is 4. The number of anilines is 1. The fourth-order valence-electron chi connectivity index (χ4n) is 4.25. The number of hydrogen-bond donors (Lipinski definition) is 1. The van der Waals surface area contributed by atoms with Crippen molar-refractivity contribution in [3.05, 3.63) is 47.4 Å². The maximum atomic E-state index is 13.3. The number of aromatic nitrogens is 3. The Bertz CT molecular complexity index is 1120. The van der Waals surface area contributed by atoms with Crippen molar-refractivity contribution in [2.24, 2.45) is 11.8 Å². The molecule has 1 unspecified atom stereocenters. The van der Waals surface area contributed by atoms with Gasteiger partial charge in [0, 0.05) is 63.3 Å². The largest absolute Gasteiger partial charge is 0.381 e. The van der Waals surface area contributed by atoms with E-state index in [2.05, 4.69) is 15.3 Å². The van der Waals surface area contributed by atoms with Crippen LogP contribution >= 0.6 is 11.3 Å². The van der Waals surface area contributed by atoms with Gasteiger partial charge in [0.2, 0.25) is 5.91 Å². The van der Waals surface area contributed by atoms with Crippen LogP contribution in [0.4, 0.5) is 5.13 Å². The molecule has 2 saturated heterocycles. The van der Waals surface area contributed by atoms with Crippen LogP contribution in [0.2, 0.25) is 0 Å². The molecule has 3 aromatic rings. The highest BCUT2D eigenvalue weighted by Gasteiger charge is 2.32. The molecule has 0 bridgehead atoms. The third kappa shape index (κ3) is 5.07. The number of carbonyl (C=O) groups is 2. The zero-order valence-electron chi connectivity index (χ0n) is 18.3. The van der Waals surface area contributed by atoms with Gasteiger partial charge in [0.1, 0.15) is 10.5 Å². The van der Waals surface area contributed by atoms with E-state index in [0.717, 1.165) is 37.1 Å². The van der Waals surface area contributed by atoms with Crippen molar-refractivity contribution < 1.29 is 19.1 Å². The zero-order valence-corrected chi connectivity index (χ0v) is 19.1. The minimum atomic E-state index is -0.202. The van der Waals surface area contributed by atoms with Crippen LogP contribution in [0.3, 0.4) is 0 Å². The van der Waals surface area contributed by atoms with Crippen molar-refractivity contribution in [1.29, 1.82) is 0 Å². The number of nitrogens with one attached hydrogen (secondary N) is 1. The summed E-state index contributed by atoms with van der Waals surface area (Å²) in [5, 5.41) is 3.52. The highest BCUT2D eigenvalue weighted by molar-refractivity contribution is 7.17.